The van der Waals surface area contributed by atoms with Crippen molar-refractivity contribution in [2.45, 2.75) is 17.9 Å². The molecule has 4 aromatic rings. The van der Waals surface area contributed by atoms with E-state index in [1.165, 1.54) is 30.0 Å². The number of nitriles is 1. The predicted octanol–water partition coefficient (Wildman–Crippen LogP) is 4.13. The summed E-state index contributed by atoms with van der Waals surface area (Å²) in [4.78, 5) is -0.137. The summed E-state index contributed by atoms with van der Waals surface area (Å²) in [5.41, 5.74) is 2.35. The van der Waals surface area contributed by atoms with Crippen molar-refractivity contribution in [1.82, 2.24) is 9.78 Å². The molecule has 4 rings (SSSR count). The minimum Gasteiger partial charge on any atom is -0.494 e. The van der Waals surface area contributed by atoms with Crippen molar-refractivity contribution in [1.29, 1.82) is 5.26 Å². The molecule has 0 spiro atoms. The van der Waals surface area contributed by atoms with Crippen LogP contribution in [0.25, 0.3) is 22.4 Å². The molecule has 0 atom stereocenters. The Morgan fingerprint density at radius 2 is 1.79 bits per heavy atom. The summed E-state index contributed by atoms with van der Waals surface area (Å²) in [6.45, 7) is 0.357. The first-order valence-corrected chi connectivity index (χ1v) is 11.9. The van der Waals surface area contributed by atoms with Gasteiger partial charge in [0.15, 0.2) is 11.6 Å². The van der Waals surface area contributed by atoms with Crippen LogP contribution in [-0.4, -0.2) is 25.3 Å². The zero-order valence-corrected chi connectivity index (χ0v) is 19.1. The summed E-state index contributed by atoms with van der Waals surface area (Å²) in [7, 11) is -2.74. The average Bonchev–Trinajstić information content (AvgIpc) is 3.21. The van der Waals surface area contributed by atoms with E-state index >= 15 is 0 Å². The van der Waals surface area contributed by atoms with Crippen LogP contribution in [0.4, 0.5) is 4.39 Å². The lowest BCUT2D eigenvalue weighted by Crippen LogP contribution is -2.13. The molecule has 0 saturated carbocycles. The molecule has 0 aliphatic carbocycles. The van der Waals surface area contributed by atoms with Crippen molar-refractivity contribution in [2.24, 2.45) is 5.14 Å². The standard InChI is InChI=1S/C25H21FN4O3S/c1-33-22-12-11-18(15-20(22)26)24-21(16-27)30(14-13-17-7-3-2-4-8-17)29-25(24)19-9-5-6-10-23(19)34(28,31)32/h2-12,15H,13-14H2,1H3,(H2,28,31,32). The van der Waals surface area contributed by atoms with E-state index in [-0.39, 0.29) is 27.6 Å². The number of sulfonamides is 1. The number of nitrogens with two attached hydrogens (primary N) is 1. The third-order valence-electron chi connectivity index (χ3n) is 5.40. The Bertz CT molecular complexity index is 1490. The molecule has 172 valence electrons. The molecule has 0 amide bonds. The molecule has 0 aliphatic heterocycles. The molecule has 7 nitrogen and oxygen atoms in total. The maximum atomic E-state index is 14.6. The van der Waals surface area contributed by atoms with Gasteiger partial charge in [-0.3, -0.25) is 4.68 Å². The summed E-state index contributed by atoms with van der Waals surface area (Å²) in [6, 6.07) is 22.3. The van der Waals surface area contributed by atoms with Gasteiger partial charge in [-0.05, 0) is 35.7 Å². The Morgan fingerprint density at radius 3 is 2.44 bits per heavy atom. The van der Waals surface area contributed by atoms with Gasteiger partial charge in [0.2, 0.25) is 10.0 Å². The van der Waals surface area contributed by atoms with Crippen LogP contribution >= 0.6 is 0 Å². The molecule has 0 fully saturated rings. The van der Waals surface area contributed by atoms with Gasteiger partial charge < -0.3 is 4.74 Å². The number of nitrogens with zero attached hydrogens (tertiary/aromatic N) is 3. The third-order valence-corrected chi connectivity index (χ3v) is 6.37. The number of aromatic nitrogens is 2. The van der Waals surface area contributed by atoms with Crippen molar-refractivity contribution in [3.63, 3.8) is 0 Å². The van der Waals surface area contributed by atoms with Crippen LogP contribution < -0.4 is 9.88 Å². The number of primary sulfonamides is 1. The summed E-state index contributed by atoms with van der Waals surface area (Å²) >= 11 is 0. The smallest absolute Gasteiger partial charge is 0.238 e. The Labute approximate surface area is 196 Å². The molecule has 1 aromatic heterocycles. The van der Waals surface area contributed by atoms with E-state index in [0.717, 1.165) is 5.56 Å². The number of benzene rings is 3. The lowest BCUT2D eigenvalue weighted by atomic mass is 9.98. The Morgan fingerprint density at radius 1 is 1.09 bits per heavy atom. The van der Waals surface area contributed by atoms with Gasteiger partial charge in [-0.1, -0.05) is 54.6 Å². The fourth-order valence-electron chi connectivity index (χ4n) is 3.81. The molecule has 0 unspecified atom stereocenters. The maximum absolute atomic E-state index is 14.6. The van der Waals surface area contributed by atoms with Gasteiger partial charge in [0.05, 0.1) is 12.0 Å². The molecule has 3 aromatic carbocycles. The van der Waals surface area contributed by atoms with E-state index in [2.05, 4.69) is 11.2 Å². The second kappa shape index (κ2) is 9.47. The normalized spacial score (nSPS) is 11.2. The molecule has 2 N–H and O–H groups in total. The van der Waals surface area contributed by atoms with Crippen molar-refractivity contribution in [3.8, 4) is 34.2 Å². The van der Waals surface area contributed by atoms with Crippen molar-refractivity contribution in [3.05, 3.63) is 89.9 Å². The van der Waals surface area contributed by atoms with Crippen LogP contribution in [-0.2, 0) is 23.0 Å². The summed E-state index contributed by atoms with van der Waals surface area (Å²) < 4.78 is 45.7. The van der Waals surface area contributed by atoms with E-state index in [4.69, 9.17) is 9.88 Å². The molecular weight excluding hydrogens is 455 g/mol. The van der Waals surface area contributed by atoms with Gasteiger partial charge in [-0.15, -0.1) is 0 Å². The van der Waals surface area contributed by atoms with Crippen molar-refractivity contribution >= 4 is 10.0 Å². The van der Waals surface area contributed by atoms with E-state index < -0.39 is 15.8 Å². The minimum atomic E-state index is -4.09. The lowest BCUT2D eigenvalue weighted by Gasteiger charge is -2.09. The van der Waals surface area contributed by atoms with Crippen LogP contribution in [0.15, 0.2) is 77.7 Å². The minimum absolute atomic E-state index is 0.0465. The van der Waals surface area contributed by atoms with Gasteiger partial charge in [0, 0.05) is 17.7 Å². The number of ether oxygens (including phenoxy) is 1. The van der Waals surface area contributed by atoms with E-state index in [9.17, 15) is 18.1 Å². The molecule has 9 heteroatoms. The first-order chi connectivity index (χ1) is 16.3. The predicted molar refractivity (Wildman–Crippen MR) is 126 cm³/mol. The second-order valence-electron chi connectivity index (χ2n) is 7.53. The number of hydrogen-bond donors (Lipinski definition) is 1. The van der Waals surface area contributed by atoms with Gasteiger partial charge in [-0.2, -0.15) is 10.4 Å². The van der Waals surface area contributed by atoms with Crippen LogP contribution in [0, 0.1) is 17.1 Å². The number of methoxy groups -OCH3 is 1. The van der Waals surface area contributed by atoms with Crippen LogP contribution in [0.3, 0.4) is 0 Å². The van der Waals surface area contributed by atoms with E-state index in [1.54, 1.807) is 24.3 Å². The Hall–Kier alpha value is -4.00. The second-order valence-corrected chi connectivity index (χ2v) is 9.06. The monoisotopic (exact) mass is 476 g/mol. The van der Waals surface area contributed by atoms with Gasteiger partial charge in [0.1, 0.15) is 17.5 Å². The van der Waals surface area contributed by atoms with Crippen LogP contribution in [0.1, 0.15) is 11.3 Å². The number of hydrogen-bond acceptors (Lipinski definition) is 5. The highest BCUT2D eigenvalue weighted by molar-refractivity contribution is 7.89. The summed E-state index contributed by atoms with van der Waals surface area (Å²) in [5.74, 6) is -0.572. The van der Waals surface area contributed by atoms with Crippen molar-refractivity contribution in [2.75, 3.05) is 7.11 Å². The lowest BCUT2D eigenvalue weighted by molar-refractivity contribution is 0.386. The molecule has 34 heavy (non-hydrogen) atoms. The highest BCUT2D eigenvalue weighted by Gasteiger charge is 2.25. The first-order valence-electron chi connectivity index (χ1n) is 10.3. The average molecular weight is 477 g/mol. The van der Waals surface area contributed by atoms with Crippen LogP contribution in [0.5, 0.6) is 5.75 Å². The quantitative estimate of drug-likeness (QED) is 0.431. The number of aryl methyl sites for hydroxylation is 2. The van der Waals surface area contributed by atoms with Crippen molar-refractivity contribution < 1.29 is 17.5 Å². The summed E-state index contributed by atoms with van der Waals surface area (Å²) in [6.07, 6.45) is 0.587. The third kappa shape index (κ3) is 4.55. The fourth-order valence-corrected chi connectivity index (χ4v) is 4.55. The largest absolute Gasteiger partial charge is 0.494 e. The Kier molecular flexibility index (Phi) is 6.45. The van der Waals surface area contributed by atoms with Gasteiger partial charge in [-0.25, -0.2) is 17.9 Å². The van der Waals surface area contributed by atoms with Gasteiger partial charge in [0.25, 0.3) is 0 Å². The SMILES string of the molecule is COc1ccc(-c2c(-c3ccccc3S(N)(=O)=O)nn(CCc3ccccc3)c2C#N)cc1F. The van der Waals surface area contributed by atoms with Crippen LogP contribution in [0.2, 0.25) is 0 Å². The fraction of sp³-hybridized carbons (Fsp3) is 0.120. The zero-order chi connectivity index (χ0) is 24.3. The first kappa shape index (κ1) is 23.2. The maximum Gasteiger partial charge on any atom is 0.238 e. The molecular formula is C25H21FN4O3S. The van der Waals surface area contributed by atoms with Gasteiger partial charge >= 0.3 is 0 Å². The molecule has 0 radical (unpaired) electrons. The van der Waals surface area contributed by atoms with E-state index in [1.807, 2.05) is 30.3 Å². The molecule has 0 saturated heterocycles. The topological polar surface area (TPSA) is 111 Å². The molecule has 1 heterocycles. The number of rotatable bonds is 7. The summed E-state index contributed by atoms with van der Waals surface area (Å²) in [5, 5.41) is 20.1. The van der Waals surface area contributed by atoms with E-state index in [0.29, 0.717) is 24.1 Å². The molecule has 0 bridgehead atoms. The number of halogens is 1. The zero-order valence-electron chi connectivity index (χ0n) is 18.3. The highest BCUT2D eigenvalue weighted by atomic mass is 32.2. The Balaban J connectivity index is 1.94. The molecule has 0 aliphatic rings. The highest BCUT2D eigenvalue weighted by Crippen LogP contribution is 2.38.